The zero-order valence-electron chi connectivity index (χ0n) is 17.6. The highest BCUT2D eigenvalue weighted by Gasteiger charge is 2.14. The monoisotopic (exact) mass is 488 g/mol. The molecule has 0 atom stereocenters. The first-order valence-corrected chi connectivity index (χ1v) is 11.7. The van der Waals surface area contributed by atoms with Crippen molar-refractivity contribution in [2.24, 2.45) is 0 Å². The molecule has 3 rings (SSSR count). The smallest absolute Gasteiger partial charge is 0.339 e. The molecular formula is C23H21ClN2O6S. The van der Waals surface area contributed by atoms with Crippen LogP contribution >= 0.6 is 11.6 Å². The number of nitrogens with one attached hydrogen (secondary N) is 2. The number of hydrogen-bond acceptors (Lipinski definition) is 6. The molecule has 1 aromatic heterocycles. The molecule has 0 spiro atoms. The van der Waals surface area contributed by atoms with E-state index >= 15 is 0 Å². The Morgan fingerprint density at radius 2 is 1.88 bits per heavy atom. The van der Waals surface area contributed by atoms with E-state index in [1.165, 1.54) is 42.7 Å². The molecular weight excluding hydrogens is 468 g/mol. The molecule has 0 saturated heterocycles. The summed E-state index contributed by atoms with van der Waals surface area (Å²) in [6, 6.07) is 13.9. The fourth-order valence-electron chi connectivity index (χ4n) is 2.74. The number of carbonyl (C=O) groups is 2. The Balaban J connectivity index is 1.61. The van der Waals surface area contributed by atoms with Gasteiger partial charge in [0.05, 0.1) is 34.9 Å². The average Bonchev–Trinajstić information content (AvgIpc) is 3.32. The molecule has 2 N–H and O–H groups in total. The van der Waals surface area contributed by atoms with Crippen LogP contribution in [0.15, 0.2) is 76.2 Å². The maximum absolute atomic E-state index is 12.4. The van der Waals surface area contributed by atoms with Crippen LogP contribution in [-0.2, 0) is 26.1 Å². The Hall–Kier alpha value is -3.40. The van der Waals surface area contributed by atoms with Gasteiger partial charge in [0.15, 0.2) is 0 Å². The molecule has 3 aromatic rings. The highest BCUT2D eigenvalue weighted by atomic mass is 35.5. The topological polar surface area (TPSA) is 115 Å². The van der Waals surface area contributed by atoms with Gasteiger partial charge in [0.25, 0.3) is 0 Å². The number of furan rings is 1. The molecule has 0 fully saturated rings. The van der Waals surface area contributed by atoms with Crippen molar-refractivity contribution in [2.45, 2.75) is 18.4 Å². The molecule has 8 nitrogen and oxygen atoms in total. The normalized spacial score (nSPS) is 11.5. The minimum absolute atomic E-state index is 0.0414. The van der Waals surface area contributed by atoms with Crippen molar-refractivity contribution in [3.63, 3.8) is 0 Å². The molecule has 0 bridgehead atoms. The second-order valence-corrected chi connectivity index (χ2v) is 8.88. The Kier molecular flexibility index (Phi) is 8.05. The lowest BCUT2D eigenvalue weighted by Crippen LogP contribution is -2.22. The molecule has 1 amide bonds. The molecule has 10 heteroatoms. The van der Waals surface area contributed by atoms with Crippen LogP contribution in [0, 0.1) is 0 Å². The maximum Gasteiger partial charge on any atom is 0.339 e. The van der Waals surface area contributed by atoms with Gasteiger partial charge in [-0.25, -0.2) is 17.9 Å². The van der Waals surface area contributed by atoms with Crippen LogP contribution in [0.5, 0.6) is 0 Å². The summed E-state index contributed by atoms with van der Waals surface area (Å²) in [5.41, 5.74) is 1.15. The van der Waals surface area contributed by atoms with Gasteiger partial charge in [0.1, 0.15) is 5.76 Å². The Bertz CT molecular complexity index is 1250. The van der Waals surface area contributed by atoms with E-state index in [9.17, 15) is 18.0 Å². The van der Waals surface area contributed by atoms with Gasteiger partial charge >= 0.3 is 5.97 Å². The number of esters is 1. The third-order valence-corrected chi connectivity index (χ3v) is 6.11. The second-order valence-electron chi connectivity index (χ2n) is 6.71. The van der Waals surface area contributed by atoms with Crippen molar-refractivity contribution in [2.75, 3.05) is 11.9 Å². The summed E-state index contributed by atoms with van der Waals surface area (Å²) in [5.74, 6) is -0.522. The van der Waals surface area contributed by atoms with E-state index in [0.29, 0.717) is 17.0 Å². The first-order valence-electron chi connectivity index (χ1n) is 9.86. The van der Waals surface area contributed by atoms with Crippen LogP contribution in [0.2, 0.25) is 5.02 Å². The van der Waals surface area contributed by atoms with Crippen molar-refractivity contribution in [1.29, 1.82) is 0 Å². The molecule has 0 aliphatic rings. The molecule has 0 unspecified atom stereocenters. The summed E-state index contributed by atoms with van der Waals surface area (Å²) < 4.78 is 37.2. The van der Waals surface area contributed by atoms with Crippen LogP contribution in [0.3, 0.4) is 0 Å². The number of benzene rings is 2. The standard InChI is InChI=1S/C23H21ClN2O6S/c1-2-31-23(28)20-14-17(8-11-21(20)24)26-22(27)12-7-16-5-9-19(10-6-16)33(29,30)25-15-18-4-3-13-32-18/h3-14,25H,2,15H2,1H3,(H,26,27)/b12-7+. The maximum atomic E-state index is 12.4. The summed E-state index contributed by atoms with van der Waals surface area (Å²) >= 11 is 6.02. The van der Waals surface area contributed by atoms with E-state index in [1.807, 2.05) is 0 Å². The lowest BCUT2D eigenvalue weighted by atomic mass is 10.2. The van der Waals surface area contributed by atoms with E-state index in [-0.39, 0.29) is 28.6 Å². The van der Waals surface area contributed by atoms with E-state index in [1.54, 1.807) is 37.3 Å². The average molecular weight is 489 g/mol. The number of rotatable bonds is 9. The summed E-state index contributed by atoms with van der Waals surface area (Å²) in [7, 11) is -3.71. The van der Waals surface area contributed by atoms with Gasteiger partial charge in [-0.15, -0.1) is 0 Å². The number of hydrogen-bond donors (Lipinski definition) is 2. The van der Waals surface area contributed by atoms with E-state index in [2.05, 4.69) is 10.0 Å². The zero-order chi connectivity index (χ0) is 23.8. The van der Waals surface area contributed by atoms with Crippen LogP contribution in [0.1, 0.15) is 28.6 Å². The quantitative estimate of drug-likeness (QED) is 0.344. The second kappa shape index (κ2) is 11.0. The van der Waals surface area contributed by atoms with Crippen molar-refractivity contribution in [3.05, 3.63) is 88.8 Å². The summed E-state index contributed by atoms with van der Waals surface area (Å²) in [6.45, 7) is 1.93. The van der Waals surface area contributed by atoms with Crippen LogP contribution in [0.25, 0.3) is 6.08 Å². The number of anilines is 1. The highest BCUT2D eigenvalue weighted by Crippen LogP contribution is 2.22. The molecule has 0 radical (unpaired) electrons. The lowest BCUT2D eigenvalue weighted by Gasteiger charge is -2.08. The van der Waals surface area contributed by atoms with Gasteiger partial charge in [-0.2, -0.15) is 0 Å². The largest absolute Gasteiger partial charge is 0.468 e. The zero-order valence-corrected chi connectivity index (χ0v) is 19.2. The number of carbonyl (C=O) groups excluding carboxylic acids is 2. The first-order chi connectivity index (χ1) is 15.8. The summed E-state index contributed by atoms with van der Waals surface area (Å²) in [6.07, 6.45) is 4.29. The van der Waals surface area contributed by atoms with Crippen molar-refractivity contribution in [3.8, 4) is 0 Å². The minimum Gasteiger partial charge on any atom is -0.468 e. The van der Waals surface area contributed by atoms with Crippen LogP contribution in [0.4, 0.5) is 5.69 Å². The van der Waals surface area contributed by atoms with Crippen molar-refractivity contribution >= 4 is 45.3 Å². The number of halogens is 1. The minimum atomic E-state index is -3.71. The van der Waals surface area contributed by atoms with Crippen molar-refractivity contribution < 1.29 is 27.2 Å². The van der Waals surface area contributed by atoms with E-state index in [4.69, 9.17) is 20.8 Å². The van der Waals surface area contributed by atoms with Crippen LogP contribution in [-0.4, -0.2) is 26.9 Å². The molecule has 0 aliphatic carbocycles. The molecule has 2 aromatic carbocycles. The number of amides is 1. The molecule has 1 heterocycles. The van der Waals surface area contributed by atoms with Gasteiger partial charge < -0.3 is 14.5 Å². The molecule has 33 heavy (non-hydrogen) atoms. The van der Waals surface area contributed by atoms with Gasteiger partial charge in [-0.05, 0) is 61.0 Å². The van der Waals surface area contributed by atoms with Gasteiger partial charge in [-0.1, -0.05) is 23.7 Å². The van der Waals surface area contributed by atoms with Gasteiger partial charge in [0.2, 0.25) is 15.9 Å². The SMILES string of the molecule is CCOC(=O)c1cc(NC(=O)/C=C/c2ccc(S(=O)(=O)NCc3ccco3)cc2)ccc1Cl. The predicted octanol–water partition coefficient (Wildman–Crippen LogP) is 4.24. The van der Waals surface area contributed by atoms with Crippen molar-refractivity contribution in [1.82, 2.24) is 4.72 Å². The predicted molar refractivity (Wildman–Crippen MR) is 124 cm³/mol. The first kappa shape index (κ1) is 24.2. The molecule has 172 valence electrons. The molecule has 0 saturated carbocycles. The Labute approximate surface area is 196 Å². The third-order valence-electron chi connectivity index (χ3n) is 4.36. The van der Waals surface area contributed by atoms with Crippen LogP contribution < -0.4 is 10.0 Å². The van der Waals surface area contributed by atoms with E-state index < -0.39 is 21.9 Å². The number of ether oxygens (including phenoxy) is 1. The van der Waals surface area contributed by atoms with E-state index in [0.717, 1.165) is 0 Å². The fourth-order valence-corrected chi connectivity index (χ4v) is 3.93. The van der Waals surface area contributed by atoms with Gasteiger partial charge in [-0.3, -0.25) is 4.79 Å². The van der Waals surface area contributed by atoms with Gasteiger partial charge in [0, 0.05) is 11.8 Å². The Morgan fingerprint density at radius 3 is 2.55 bits per heavy atom. The lowest BCUT2D eigenvalue weighted by molar-refractivity contribution is -0.111. The summed E-state index contributed by atoms with van der Waals surface area (Å²) in [5, 5.41) is 2.85. The highest BCUT2D eigenvalue weighted by molar-refractivity contribution is 7.89. The Morgan fingerprint density at radius 1 is 1.12 bits per heavy atom. The fraction of sp³-hybridized carbons (Fsp3) is 0.130. The summed E-state index contributed by atoms with van der Waals surface area (Å²) in [4.78, 5) is 24.3. The third kappa shape index (κ3) is 6.79. The molecule has 0 aliphatic heterocycles. The number of sulfonamides is 1.